The molecule has 0 aliphatic heterocycles. The van der Waals surface area contributed by atoms with Crippen LogP contribution in [0.15, 0.2) is 84.9 Å². The van der Waals surface area contributed by atoms with Crippen LogP contribution in [-0.2, 0) is 0 Å². The Morgan fingerprint density at radius 3 is 1.62 bits per heavy atom. The van der Waals surface area contributed by atoms with Gasteiger partial charge in [-0.3, -0.25) is 0 Å². The Morgan fingerprint density at radius 2 is 1.15 bits per heavy atom. The minimum absolute atomic E-state index is 0.592. The molecule has 0 saturated carbocycles. The molecular formula is C32H40N6O. The third kappa shape index (κ3) is 8.29. The van der Waals surface area contributed by atoms with Crippen molar-refractivity contribution in [3.63, 3.8) is 0 Å². The van der Waals surface area contributed by atoms with E-state index in [1.54, 1.807) is 0 Å². The Morgan fingerprint density at radius 1 is 0.667 bits per heavy atom. The SMILES string of the molecule is CN(C)CCCOc1ccc(-c2cc(-c3ccc(NCCN)cc3)nc(-c3ccc(NCCN)cc3)c2)cc1. The highest BCUT2D eigenvalue weighted by molar-refractivity contribution is 5.77. The average molecular weight is 525 g/mol. The number of nitrogens with one attached hydrogen (secondary N) is 2. The van der Waals surface area contributed by atoms with Crippen LogP contribution in [0.25, 0.3) is 33.6 Å². The lowest BCUT2D eigenvalue weighted by Crippen LogP contribution is -2.15. The molecule has 204 valence electrons. The van der Waals surface area contributed by atoms with Gasteiger partial charge >= 0.3 is 0 Å². The molecule has 0 saturated heterocycles. The normalized spacial score (nSPS) is 11.0. The molecule has 0 fully saturated rings. The van der Waals surface area contributed by atoms with Crippen LogP contribution in [0.4, 0.5) is 11.4 Å². The molecule has 1 heterocycles. The molecule has 0 aliphatic carbocycles. The molecule has 1 aromatic heterocycles. The second kappa shape index (κ2) is 14.3. The van der Waals surface area contributed by atoms with Crippen LogP contribution in [0.5, 0.6) is 5.75 Å². The van der Waals surface area contributed by atoms with Gasteiger partial charge in [0.05, 0.1) is 18.0 Å². The lowest BCUT2D eigenvalue weighted by atomic mass is 9.99. The predicted molar refractivity (Wildman–Crippen MR) is 164 cm³/mol. The zero-order valence-corrected chi connectivity index (χ0v) is 23.0. The molecule has 39 heavy (non-hydrogen) atoms. The van der Waals surface area contributed by atoms with Crippen LogP contribution in [0.2, 0.25) is 0 Å². The van der Waals surface area contributed by atoms with Crippen LogP contribution < -0.4 is 26.8 Å². The van der Waals surface area contributed by atoms with E-state index in [2.05, 4.69) is 102 Å². The molecule has 4 rings (SSSR count). The highest BCUT2D eigenvalue weighted by Crippen LogP contribution is 2.32. The maximum Gasteiger partial charge on any atom is 0.119 e. The Bertz CT molecular complexity index is 1220. The minimum atomic E-state index is 0.592. The van der Waals surface area contributed by atoms with Crippen molar-refractivity contribution in [2.45, 2.75) is 6.42 Å². The molecule has 7 heteroatoms. The zero-order valence-electron chi connectivity index (χ0n) is 23.0. The molecule has 0 unspecified atom stereocenters. The maximum atomic E-state index is 5.95. The summed E-state index contributed by atoms with van der Waals surface area (Å²) in [6, 6.07) is 29.3. The summed E-state index contributed by atoms with van der Waals surface area (Å²) in [5, 5.41) is 6.65. The lowest BCUT2D eigenvalue weighted by Gasteiger charge is -2.13. The molecule has 0 spiro atoms. The van der Waals surface area contributed by atoms with Gasteiger partial charge < -0.3 is 31.7 Å². The molecule has 6 N–H and O–H groups in total. The van der Waals surface area contributed by atoms with Gasteiger partial charge in [-0.25, -0.2) is 4.98 Å². The molecule has 0 radical (unpaired) electrons. The van der Waals surface area contributed by atoms with Crippen molar-refractivity contribution < 1.29 is 4.74 Å². The average Bonchev–Trinajstić information content (AvgIpc) is 2.97. The summed E-state index contributed by atoms with van der Waals surface area (Å²) >= 11 is 0. The molecule has 0 atom stereocenters. The van der Waals surface area contributed by atoms with Crippen LogP contribution in [-0.4, -0.2) is 63.3 Å². The highest BCUT2D eigenvalue weighted by Gasteiger charge is 2.10. The summed E-state index contributed by atoms with van der Waals surface area (Å²) in [5.41, 5.74) is 19.5. The summed E-state index contributed by atoms with van der Waals surface area (Å²) in [4.78, 5) is 7.22. The topological polar surface area (TPSA) is 101 Å². The number of rotatable bonds is 14. The summed E-state index contributed by atoms with van der Waals surface area (Å²) in [6.45, 7) is 4.37. The van der Waals surface area contributed by atoms with Gasteiger partial charge in [0.15, 0.2) is 0 Å². The lowest BCUT2D eigenvalue weighted by molar-refractivity contribution is 0.281. The highest BCUT2D eigenvalue weighted by atomic mass is 16.5. The number of nitrogens with zero attached hydrogens (tertiary/aromatic N) is 2. The summed E-state index contributed by atoms with van der Waals surface area (Å²) in [7, 11) is 4.15. The second-order valence-corrected chi connectivity index (χ2v) is 9.74. The van der Waals surface area contributed by atoms with Crippen molar-refractivity contribution in [2.75, 3.05) is 64.1 Å². The van der Waals surface area contributed by atoms with Crippen LogP contribution in [0, 0.1) is 0 Å². The number of aromatic nitrogens is 1. The van der Waals surface area contributed by atoms with Crippen molar-refractivity contribution >= 4 is 11.4 Å². The number of nitrogens with two attached hydrogens (primary N) is 2. The van der Waals surface area contributed by atoms with Gasteiger partial charge in [-0.15, -0.1) is 0 Å². The maximum absolute atomic E-state index is 5.95. The van der Waals surface area contributed by atoms with E-state index in [1.165, 1.54) is 0 Å². The predicted octanol–water partition coefficient (Wildman–Crippen LogP) is 5.15. The largest absolute Gasteiger partial charge is 0.494 e. The fourth-order valence-electron chi connectivity index (χ4n) is 4.26. The Balaban J connectivity index is 1.62. The van der Waals surface area contributed by atoms with Crippen LogP contribution >= 0.6 is 0 Å². The van der Waals surface area contributed by atoms with Crippen LogP contribution in [0.1, 0.15) is 6.42 Å². The van der Waals surface area contributed by atoms with Gasteiger partial charge in [0, 0.05) is 55.2 Å². The van der Waals surface area contributed by atoms with E-state index >= 15 is 0 Å². The van der Waals surface area contributed by atoms with E-state index in [-0.39, 0.29) is 0 Å². The molecule has 0 aliphatic rings. The molecular weight excluding hydrogens is 484 g/mol. The first-order valence-corrected chi connectivity index (χ1v) is 13.5. The number of benzene rings is 3. The van der Waals surface area contributed by atoms with E-state index in [9.17, 15) is 0 Å². The van der Waals surface area contributed by atoms with Crippen LogP contribution in [0.3, 0.4) is 0 Å². The Hall–Kier alpha value is -3.91. The van der Waals surface area contributed by atoms with Gasteiger partial charge in [0.1, 0.15) is 5.75 Å². The zero-order chi connectivity index (χ0) is 27.5. The van der Waals surface area contributed by atoms with Gasteiger partial charge in [0.2, 0.25) is 0 Å². The van der Waals surface area contributed by atoms with Crippen molar-refractivity contribution in [2.24, 2.45) is 11.5 Å². The number of hydrogen-bond donors (Lipinski definition) is 4. The van der Waals surface area contributed by atoms with Crippen molar-refractivity contribution in [3.8, 4) is 39.4 Å². The fraction of sp³-hybridized carbons (Fsp3) is 0.281. The first-order chi connectivity index (χ1) is 19.1. The summed E-state index contributed by atoms with van der Waals surface area (Å²) in [5.74, 6) is 0.883. The monoisotopic (exact) mass is 524 g/mol. The van der Waals surface area contributed by atoms with E-state index < -0.39 is 0 Å². The molecule has 0 bridgehead atoms. The molecule has 7 nitrogen and oxygen atoms in total. The van der Waals surface area contributed by atoms with Gasteiger partial charge in [-0.05, 0) is 80.2 Å². The summed E-state index contributed by atoms with van der Waals surface area (Å²) < 4.78 is 5.95. The quantitative estimate of drug-likeness (QED) is 0.169. The second-order valence-electron chi connectivity index (χ2n) is 9.74. The molecule has 4 aromatic rings. The number of hydrogen-bond acceptors (Lipinski definition) is 7. The van der Waals surface area contributed by atoms with Crippen molar-refractivity contribution in [1.29, 1.82) is 0 Å². The van der Waals surface area contributed by atoms with Gasteiger partial charge in [0.25, 0.3) is 0 Å². The summed E-state index contributed by atoms with van der Waals surface area (Å²) in [6.07, 6.45) is 0.993. The Labute approximate surface area is 232 Å². The smallest absolute Gasteiger partial charge is 0.119 e. The van der Waals surface area contributed by atoms with E-state index in [0.29, 0.717) is 19.7 Å². The third-order valence-corrected chi connectivity index (χ3v) is 6.34. The van der Waals surface area contributed by atoms with Crippen molar-refractivity contribution in [1.82, 2.24) is 9.88 Å². The van der Waals surface area contributed by atoms with Gasteiger partial charge in [-0.2, -0.15) is 0 Å². The van der Waals surface area contributed by atoms with E-state index in [1.807, 2.05) is 12.1 Å². The first kappa shape index (κ1) is 28.1. The first-order valence-electron chi connectivity index (χ1n) is 13.5. The third-order valence-electron chi connectivity index (χ3n) is 6.34. The Kier molecular flexibility index (Phi) is 10.3. The van der Waals surface area contributed by atoms with E-state index in [0.717, 1.165) is 76.8 Å². The number of pyridine rings is 1. The molecule has 3 aromatic carbocycles. The number of anilines is 2. The van der Waals surface area contributed by atoms with Crippen molar-refractivity contribution in [3.05, 3.63) is 84.9 Å². The van der Waals surface area contributed by atoms with E-state index in [4.69, 9.17) is 21.2 Å². The van der Waals surface area contributed by atoms with Gasteiger partial charge in [-0.1, -0.05) is 36.4 Å². The fourth-order valence-corrected chi connectivity index (χ4v) is 4.26. The number of ether oxygens (including phenoxy) is 1. The molecule has 0 amide bonds. The standard InChI is InChI=1S/C32H40N6O/c1-38(2)20-3-21-39-30-14-8-24(9-15-30)27-22-31(25-4-10-28(11-5-25)35-18-16-33)37-32(23-27)26-6-12-29(13-7-26)36-19-17-34/h4-15,22-23,35-36H,3,16-21,33-34H2,1-2H3. The minimum Gasteiger partial charge on any atom is -0.494 e.